The molecule has 0 aliphatic carbocycles. The summed E-state index contributed by atoms with van der Waals surface area (Å²) < 4.78 is 76.1. The third-order valence-corrected chi connectivity index (χ3v) is 10.7. The van der Waals surface area contributed by atoms with Gasteiger partial charge in [-0.25, -0.2) is 13.2 Å². The molecule has 1 heterocycles. The lowest BCUT2D eigenvalue weighted by Crippen LogP contribution is -2.25. The molecule has 1 aromatic heterocycles. The van der Waals surface area contributed by atoms with Crippen LogP contribution in [0.4, 0.5) is 13.2 Å². The predicted octanol–water partition coefficient (Wildman–Crippen LogP) is 6.41. The topological polar surface area (TPSA) is 81.7 Å². The van der Waals surface area contributed by atoms with E-state index in [2.05, 4.69) is 12.2 Å². The fourth-order valence-electron chi connectivity index (χ4n) is 3.93. The maximum Gasteiger partial charge on any atom is 0.416 e. The maximum absolute atomic E-state index is 13.1. The summed E-state index contributed by atoms with van der Waals surface area (Å²) in [6, 6.07) is 9.06. The van der Waals surface area contributed by atoms with Crippen LogP contribution in [0, 0.1) is 13.8 Å². The molecule has 1 atom stereocenters. The lowest BCUT2D eigenvalue weighted by molar-refractivity contribution is -0.145. The number of ether oxygens (including phenoxy) is 2. The van der Waals surface area contributed by atoms with Gasteiger partial charge in [0.1, 0.15) is 9.96 Å². The third kappa shape index (κ3) is 8.60. The summed E-state index contributed by atoms with van der Waals surface area (Å²) in [5.74, 6) is 0.115. The van der Waals surface area contributed by atoms with Crippen LogP contribution >= 0.6 is 23.1 Å². The Morgan fingerprint density at radius 3 is 2.56 bits per heavy atom. The molecule has 0 saturated carbocycles. The Morgan fingerprint density at radius 2 is 1.90 bits per heavy atom. The Labute approximate surface area is 235 Å². The van der Waals surface area contributed by atoms with Crippen molar-refractivity contribution in [3.05, 3.63) is 53.1 Å². The van der Waals surface area contributed by atoms with Crippen molar-refractivity contribution in [2.75, 3.05) is 32.1 Å². The van der Waals surface area contributed by atoms with Crippen molar-refractivity contribution in [2.45, 2.75) is 54.6 Å². The standard InChI is InChI=1S/C27H32F3NO5S3/c1-5-35-25(32)16-36-23-9-8-21(13-17(23)2)37-18(3)15-31-11-6-12-39(33,34)26-19(4)22-14-20(27(28,29)30)7-10-24(22)38-26/h7-10,13-14,18,31H,5-6,11-12,15-16H2,1-4H3/t18-/m1/s1. The number of alkyl halides is 3. The molecule has 12 heteroatoms. The van der Waals surface area contributed by atoms with E-state index in [1.54, 1.807) is 25.6 Å². The lowest BCUT2D eigenvalue weighted by Gasteiger charge is -2.14. The van der Waals surface area contributed by atoms with Gasteiger partial charge in [-0.1, -0.05) is 6.92 Å². The van der Waals surface area contributed by atoms with Crippen molar-refractivity contribution in [1.29, 1.82) is 0 Å². The third-order valence-electron chi connectivity index (χ3n) is 5.84. The number of halogens is 3. The Balaban J connectivity index is 1.47. The minimum Gasteiger partial charge on any atom is -0.482 e. The maximum atomic E-state index is 13.1. The first-order chi connectivity index (χ1) is 18.3. The van der Waals surface area contributed by atoms with E-state index in [0.717, 1.165) is 33.9 Å². The average Bonchev–Trinajstić information content (AvgIpc) is 3.19. The van der Waals surface area contributed by atoms with Gasteiger partial charge in [0.25, 0.3) is 0 Å². The summed E-state index contributed by atoms with van der Waals surface area (Å²) in [4.78, 5) is 12.5. The number of hydrogen-bond acceptors (Lipinski definition) is 8. The van der Waals surface area contributed by atoms with Gasteiger partial charge in [-0.2, -0.15) is 13.2 Å². The first-order valence-corrected chi connectivity index (χ1v) is 15.8. The Hall–Kier alpha value is -2.28. The van der Waals surface area contributed by atoms with Crippen LogP contribution in [0.1, 0.15) is 37.0 Å². The minimum atomic E-state index is -4.48. The van der Waals surface area contributed by atoms with Crippen molar-refractivity contribution in [3.8, 4) is 5.75 Å². The molecule has 0 aliphatic heterocycles. The van der Waals surface area contributed by atoms with E-state index >= 15 is 0 Å². The highest BCUT2D eigenvalue weighted by Crippen LogP contribution is 2.38. The number of benzene rings is 2. The van der Waals surface area contributed by atoms with E-state index in [-0.39, 0.29) is 21.8 Å². The predicted molar refractivity (Wildman–Crippen MR) is 150 cm³/mol. The summed E-state index contributed by atoms with van der Waals surface area (Å²) in [6.07, 6.45) is -4.10. The van der Waals surface area contributed by atoms with Gasteiger partial charge in [0.15, 0.2) is 16.4 Å². The van der Waals surface area contributed by atoms with E-state index in [9.17, 15) is 26.4 Å². The van der Waals surface area contributed by atoms with Crippen LogP contribution in [0.5, 0.6) is 5.75 Å². The number of sulfone groups is 1. The van der Waals surface area contributed by atoms with E-state index in [4.69, 9.17) is 9.47 Å². The highest BCUT2D eigenvalue weighted by Gasteiger charge is 2.31. The number of thiophene rings is 1. The quantitative estimate of drug-likeness (QED) is 0.137. The highest BCUT2D eigenvalue weighted by molar-refractivity contribution is 8.00. The number of thioether (sulfide) groups is 1. The van der Waals surface area contributed by atoms with E-state index in [1.807, 2.05) is 25.1 Å². The molecule has 3 rings (SSSR count). The molecule has 6 nitrogen and oxygen atoms in total. The first-order valence-electron chi connectivity index (χ1n) is 12.4. The number of rotatable bonds is 13. The summed E-state index contributed by atoms with van der Waals surface area (Å²) in [6.45, 7) is 8.58. The van der Waals surface area contributed by atoms with Crippen LogP contribution in [0.25, 0.3) is 10.1 Å². The molecule has 0 amide bonds. The molecule has 0 radical (unpaired) electrons. The van der Waals surface area contributed by atoms with Gasteiger partial charge < -0.3 is 14.8 Å². The van der Waals surface area contributed by atoms with Gasteiger partial charge >= 0.3 is 12.1 Å². The van der Waals surface area contributed by atoms with Crippen LogP contribution < -0.4 is 10.1 Å². The second-order valence-corrected chi connectivity index (χ2v) is 13.9. The summed E-state index contributed by atoms with van der Waals surface area (Å²) in [5, 5.41) is 3.82. The number of hydrogen-bond donors (Lipinski definition) is 1. The van der Waals surface area contributed by atoms with Crippen molar-refractivity contribution in [2.24, 2.45) is 0 Å². The zero-order chi connectivity index (χ0) is 28.8. The van der Waals surface area contributed by atoms with Gasteiger partial charge in [-0.05, 0) is 86.6 Å². The lowest BCUT2D eigenvalue weighted by atomic mass is 10.1. The van der Waals surface area contributed by atoms with E-state index < -0.39 is 27.5 Å². The Kier molecular flexibility index (Phi) is 10.7. The summed E-state index contributed by atoms with van der Waals surface area (Å²) >= 11 is 2.68. The normalized spacial score (nSPS) is 13.0. The zero-order valence-electron chi connectivity index (χ0n) is 22.2. The van der Waals surface area contributed by atoms with Gasteiger partial charge in [-0.15, -0.1) is 23.1 Å². The monoisotopic (exact) mass is 603 g/mol. The molecule has 0 unspecified atom stereocenters. The van der Waals surface area contributed by atoms with Gasteiger partial charge in [0.05, 0.1) is 17.9 Å². The van der Waals surface area contributed by atoms with Crippen LogP contribution in [0.2, 0.25) is 0 Å². The van der Waals surface area contributed by atoms with Crippen LogP contribution in [-0.2, 0) is 25.5 Å². The number of nitrogens with one attached hydrogen (secondary N) is 1. The fourth-order valence-corrected chi connectivity index (χ4v) is 8.22. The summed E-state index contributed by atoms with van der Waals surface area (Å²) in [5.41, 5.74) is 0.483. The molecule has 3 aromatic rings. The van der Waals surface area contributed by atoms with Crippen LogP contribution in [-0.4, -0.2) is 51.7 Å². The zero-order valence-corrected chi connectivity index (χ0v) is 24.6. The highest BCUT2D eigenvalue weighted by atomic mass is 32.2. The summed E-state index contributed by atoms with van der Waals surface area (Å²) in [7, 11) is -3.62. The van der Waals surface area contributed by atoms with Crippen molar-refractivity contribution < 1.29 is 35.9 Å². The second-order valence-electron chi connectivity index (χ2n) is 9.05. The largest absolute Gasteiger partial charge is 0.482 e. The minimum absolute atomic E-state index is 0.0895. The first kappa shape index (κ1) is 31.3. The smallest absolute Gasteiger partial charge is 0.416 e. The molecule has 214 valence electrons. The molecular weight excluding hydrogens is 571 g/mol. The van der Waals surface area contributed by atoms with Crippen molar-refractivity contribution in [1.82, 2.24) is 5.32 Å². The number of carbonyl (C=O) groups excluding carboxylic acids is 1. The van der Waals surface area contributed by atoms with Crippen LogP contribution in [0.3, 0.4) is 0 Å². The molecular formula is C27H32F3NO5S3. The SMILES string of the molecule is CCOC(=O)COc1ccc(S[C@H](C)CNCCCS(=O)(=O)c2sc3ccc(C(F)(F)F)cc3c2C)cc1C. The average molecular weight is 604 g/mol. The molecule has 39 heavy (non-hydrogen) atoms. The molecule has 0 saturated heterocycles. The van der Waals surface area contributed by atoms with Crippen molar-refractivity contribution >= 4 is 49.0 Å². The molecule has 0 bridgehead atoms. The Bertz CT molecular complexity index is 1400. The van der Waals surface area contributed by atoms with Gasteiger partial charge in [0.2, 0.25) is 0 Å². The number of fused-ring (bicyclic) bond motifs is 1. The van der Waals surface area contributed by atoms with Gasteiger partial charge in [0, 0.05) is 21.4 Å². The van der Waals surface area contributed by atoms with Crippen molar-refractivity contribution in [3.63, 3.8) is 0 Å². The van der Waals surface area contributed by atoms with E-state index in [0.29, 0.717) is 47.5 Å². The molecule has 0 spiro atoms. The molecule has 0 aliphatic rings. The fraction of sp³-hybridized carbons (Fsp3) is 0.444. The molecule has 1 N–H and O–H groups in total. The van der Waals surface area contributed by atoms with Gasteiger partial charge in [-0.3, -0.25) is 0 Å². The second kappa shape index (κ2) is 13.4. The number of carbonyl (C=O) groups is 1. The number of aryl methyl sites for hydroxylation is 2. The molecule has 0 fully saturated rings. The van der Waals surface area contributed by atoms with Crippen LogP contribution in [0.15, 0.2) is 45.5 Å². The Morgan fingerprint density at radius 1 is 1.15 bits per heavy atom. The molecule has 2 aromatic carbocycles. The van der Waals surface area contributed by atoms with E-state index in [1.165, 1.54) is 6.07 Å². The number of esters is 1.